The van der Waals surface area contributed by atoms with Crippen molar-refractivity contribution in [1.29, 1.82) is 0 Å². The van der Waals surface area contributed by atoms with E-state index in [4.69, 9.17) is 4.74 Å². The predicted octanol–water partition coefficient (Wildman–Crippen LogP) is 2.92. The van der Waals surface area contributed by atoms with E-state index in [1.165, 1.54) is 6.92 Å². The summed E-state index contributed by atoms with van der Waals surface area (Å²) in [5.41, 5.74) is 2.31. The third-order valence-electron chi connectivity index (χ3n) is 3.91. The lowest BCUT2D eigenvalue weighted by Crippen LogP contribution is -2.86. The predicted molar refractivity (Wildman–Crippen MR) is 101 cm³/mol. The van der Waals surface area contributed by atoms with Gasteiger partial charge in [0.05, 0.1) is 11.6 Å². The number of hydrogen-bond donors (Lipinski definition) is 2. The number of ketones is 1. The summed E-state index contributed by atoms with van der Waals surface area (Å²) in [4.78, 5) is 23.5. The molecule has 3 N–H and O–H groups in total. The topological polar surface area (TPSA) is 72.0 Å². The number of amides is 1. The van der Waals surface area contributed by atoms with Crippen LogP contribution in [0.1, 0.15) is 35.8 Å². The summed E-state index contributed by atoms with van der Waals surface area (Å²) in [6, 6.07) is 12.9. The molecule has 2 aromatic rings. The number of methoxy groups -OCH3 is 1. The number of carbonyl (C=O) groups is 2. The Morgan fingerprint density at radius 1 is 1.24 bits per heavy atom. The molecule has 0 aromatic heterocycles. The Kier molecular flexibility index (Phi) is 6.73. The number of rotatable bonds is 7. The van der Waals surface area contributed by atoms with Crippen molar-refractivity contribution in [3.63, 3.8) is 0 Å². The van der Waals surface area contributed by atoms with Gasteiger partial charge in [0.1, 0.15) is 11.8 Å². The van der Waals surface area contributed by atoms with E-state index in [9.17, 15) is 9.59 Å². The number of ether oxygens (including phenoxy) is 1. The zero-order chi connectivity index (χ0) is 18.4. The molecule has 2 aromatic carbocycles. The Labute approximate surface area is 155 Å². The zero-order valence-corrected chi connectivity index (χ0v) is 16.1. The molecule has 1 amide bonds. The molecule has 2 rings (SSSR count). The van der Waals surface area contributed by atoms with E-state index in [1.54, 1.807) is 31.4 Å². The van der Waals surface area contributed by atoms with E-state index in [-0.39, 0.29) is 24.3 Å². The van der Waals surface area contributed by atoms with Crippen LogP contribution in [0.3, 0.4) is 0 Å². The average Bonchev–Trinajstić information content (AvgIpc) is 2.59. The molecular weight excluding hydrogens is 384 g/mol. The van der Waals surface area contributed by atoms with Crippen LogP contribution >= 0.6 is 15.9 Å². The minimum absolute atomic E-state index is 0.0265. The summed E-state index contributed by atoms with van der Waals surface area (Å²) in [5, 5.41) is 4.78. The molecule has 0 spiro atoms. The first-order chi connectivity index (χ1) is 11.9. The van der Waals surface area contributed by atoms with Gasteiger partial charge in [-0.3, -0.25) is 9.59 Å². The number of hydrogen-bond acceptors (Lipinski definition) is 3. The van der Waals surface area contributed by atoms with Gasteiger partial charge in [0.25, 0.3) is 5.91 Å². The van der Waals surface area contributed by atoms with Crippen LogP contribution in [-0.2, 0) is 4.79 Å². The molecule has 0 aliphatic carbocycles. The second-order valence-electron chi connectivity index (χ2n) is 5.81. The van der Waals surface area contributed by atoms with Crippen LogP contribution < -0.4 is 15.4 Å². The van der Waals surface area contributed by atoms with Gasteiger partial charge in [-0.2, -0.15) is 0 Å². The van der Waals surface area contributed by atoms with Crippen LogP contribution in [-0.4, -0.2) is 25.3 Å². The van der Waals surface area contributed by atoms with Gasteiger partial charge >= 0.3 is 0 Å². The Morgan fingerprint density at radius 3 is 2.64 bits per heavy atom. The molecule has 1 atom stereocenters. The number of Topliss-reactive ketones (excluding diaryl/α,β-unsaturated/α-hetero) is 1. The molecule has 0 saturated heterocycles. The SMILES string of the molecule is COc1ccc([C@H](C)[NH2+]CC(=O)Nc2cccc(C(C)=O)c2)cc1Br. The maximum Gasteiger partial charge on any atom is 0.279 e. The minimum atomic E-state index is -0.111. The molecule has 0 radical (unpaired) electrons. The Balaban J connectivity index is 1.92. The molecule has 0 unspecified atom stereocenters. The van der Waals surface area contributed by atoms with Gasteiger partial charge in [0, 0.05) is 16.8 Å². The fraction of sp³-hybridized carbons (Fsp3) is 0.263. The lowest BCUT2D eigenvalue weighted by molar-refractivity contribution is -0.682. The van der Waals surface area contributed by atoms with E-state index in [1.807, 2.05) is 30.4 Å². The molecule has 132 valence electrons. The fourth-order valence-electron chi connectivity index (χ4n) is 2.41. The van der Waals surface area contributed by atoms with Gasteiger partial charge in [-0.25, -0.2) is 0 Å². The van der Waals surface area contributed by atoms with Crippen molar-refractivity contribution < 1.29 is 19.6 Å². The Hall–Kier alpha value is -2.18. The number of benzene rings is 2. The Bertz CT molecular complexity index is 777. The summed E-state index contributed by atoms with van der Waals surface area (Å²) in [5.74, 6) is 0.639. The number of nitrogens with one attached hydrogen (secondary N) is 1. The highest BCUT2D eigenvalue weighted by molar-refractivity contribution is 9.10. The minimum Gasteiger partial charge on any atom is -0.496 e. The highest BCUT2D eigenvalue weighted by Crippen LogP contribution is 2.27. The monoisotopic (exact) mass is 405 g/mol. The average molecular weight is 406 g/mol. The third kappa shape index (κ3) is 5.41. The number of nitrogens with two attached hydrogens (primary N) is 1. The van der Waals surface area contributed by atoms with Crippen LogP contribution in [0, 0.1) is 0 Å². The number of carbonyl (C=O) groups excluding carboxylic acids is 2. The van der Waals surface area contributed by atoms with Crippen molar-refractivity contribution in [2.75, 3.05) is 19.0 Å². The first kappa shape index (κ1) is 19.1. The van der Waals surface area contributed by atoms with Gasteiger partial charge in [0.15, 0.2) is 12.3 Å². The van der Waals surface area contributed by atoms with Crippen LogP contribution in [0.4, 0.5) is 5.69 Å². The van der Waals surface area contributed by atoms with Crippen molar-refractivity contribution in [3.8, 4) is 5.75 Å². The first-order valence-corrected chi connectivity index (χ1v) is 8.77. The van der Waals surface area contributed by atoms with Crippen LogP contribution in [0.5, 0.6) is 5.75 Å². The molecule has 0 aliphatic rings. The standard InChI is InChI=1S/C19H21BrN2O3/c1-12(14-7-8-18(25-3)17(20)10-14)21-11-19(24)22-16-6-4-5-15(9-16)13(2)23/h4-10,12,21H,11H2,1-3H3,(H,22,24)/p+1/t12-/m0/s1. The van der Waals surface area contributed by atoms with Crippen molar-refractivity contribution >= 4 is 33.3 Å². The summed E-state index contributed by atoms with van der Waals surface area (Å²) in [6.45, 7) is 3.83. The molecule has 25 heavy (non-hydrogen) atoms. The third-order valence-corrected chi connectivity index (χ3v) is 4.53. The quantitative estimate of drug-likeness (QED) is 0.695. The first-order valence-electron chi connectivity index (χ1n) is 7.98. The molecule has 0 bridgehead atoms. The lowest BCUT2D eigenvalue weighted by Gasteiger charge is -2.13. The van der Waals surface area contributed by atoms with Gasteiger partial charge < -0.3 is 15.4 Å². The summed E-state index contributed by atoms with van der Waals surface area (Å²) in [6.07, 6.45) is 0. The second kappa shape index (κ2) is 8.78. The highest BCUT2D eigenvalue weighted by atomic mass is 79.9. The lowest BCUT2D eigenvalue weighted by atomic mass is 10.1. The molecule has 5 nitrogen and oxygen atoms in total. The van der Waals surface area contributed by atoms with Gasteiger partial charge in [-0.05, 0) is 60.1 Å². The van der Waals surface area contributed by atoms with Crippen molar-refractivity contribution in [2.24, 2.45) is 0 Å². The molecule has 0 fully saturated rings. The summed E-state index contributed by atoms with van der Waals surface area (Å²) < 4.78 is 6.11. The maximum atomic E-state index is 12.1. The van der Waals surface area contributed by atoms with Crippen LogP contribution in [0.2, 0.25) is 0 Å². The van der Waals surface area contributed by atoms with Crippen molar-refractivity contribution in [1.82, 2.24) is 0 Å². The van der Waals surface area contributed by atoms with E-state index in [0.717, 1.165) is 15.8 Å². The van der Waals surface area contributed by atoms with E-state index in [2.05, 4.69) is 21.2 Å². The fourth-order valence-corrected chi connectivity index (χ4v) is 2.97. The molecule has 0 heterocycles. The maximum absolute atomic E-state index is 12.1. The highest BCUT2D eigenvalue weighted by Gasteiger charge is 2.13. The second-order valence-corrected chi connectivity index (χ2v) is 6.66. The van der Waals surface area contributed by atoms with E-state index in [0.29, 0.717) is 11.3 Å². The van der Waals surface area contributed by atoms with Crippen LogP contribution in [0.15, 0.2) is 46.9 Å². The van der Waals surface area contributed by atoms with Crippen molar-refractivity contribution in [3.05, 3.63) is 58.1 Å². The summed E-state index contributed by atoms with van der Waals surface area (Å²) in [7, 11) is 1.63. The van der Waals surface area contributed by atoms with E-state index >= 15 is 0 Å². The summed E-state index contributed by atoms with van der Waals surface area (Å²) >= 11 is 3.47. The molecule has 6 heteroatoms. The normalized spacial score (nSPS) is 11.7. The van der Waals surface area contributed by atoms with Crippen LogP contribution in [0.25, 0.3) is 0 Å². The number of anilines is 1. The van der Waals surface area contributed by atoms with E-state index < -0.39 is 0 Å². The van der Waals surface area contributed by atoms with Crippen molar-refractivity contribution in [2.45, 2.75) is 19.9 Å². The number of halogens is 1. The smallest absolute Gasteiger partial charge is 0.279 e. The van der Waals surface area contributed by atoms with Gasteiger partial charge in [-0.1, -0.05) is 12.1 Å². The van der Waals surface area contributed by atoms with Gasteiger partial charge in [-0.15, -0.1) is 0 Å². The molecule has 0 aliphatic heterocycles. The Morgan fingerprint density at radius 2 is 2.00 bits per heavy atom. The molecular formula is C19H22BrN2O3+. The van der Waals surface area contributed by atoms with Gasteiger partial charge in [0.2, 0.25) is 0 Å². The molecule has 0 saturated carbocycles. The zero-order valence-electron chi connectivity index (χ0n) is 14.5. The largest absolute Gasteiger partial charge is 0.496 e. The number of quaternary nitrogens is 1.